The van der Waals surface area contributed by atoms with Crippen LogP contribution in [-0.2, 0) is 6.54 Å². The Hall–Kier alpha value is -1.95. The van der Waals surface area contributed by atoms with E-state index in [0.717, 1.165) is 6.07 Å². The van der Waals surface area contributed by atoms with Crippen LogP contribution in [0, 0.1) is 11.6 Å². The van der Waals surface area contributed by atoms with Crippen LogP contribution in [0.5, 0.6) is 0 Å². The number of carbonyl (C=O) groups is 1. The number of rotatable bonds is 4. The van der Waals surface area contributed by atoms with Gasteiger partial charge < -0.3 is 10.4 Å². The van der Waals surface area contributed by atoms with Crippen LogP contribution in [-0.4, -0.2) is 11.1 Å². The third-order valence-electron chi connectivity index (χ3n) is 2.70. The van der Waals surface area contributed by atoms with Crippen molar-refractivity contribution in [2.45, 2.75) is 6.54 Å². The minimum atomic E-state index is -1.15. The third kappa shape index (κ3) is 3.33. The predicted molar refractivity (Wildman–Crippen MR) is 74.8 cm³/mol. The van der Waals surface area contributed by atoms with Gasteiger partial charge in [-0.05, 0) is 30.3 Å². The Kier molecular flexibility index (Phi) is 4.34. The lowest BCUT2D eigenvalue weighted by Gasteiger charge is -2.09. The lowest BCUT2D eigenvalue weighted by atomic mass is 10.1. The van der Waals surface area contributed by atoms with E-state index in [1.807, 2.05) is 0 Å². The summed E-state index contributed by atoms with van der Waals surface area (Å²) >= 11 is 3.14. The first kappa shape index (κ1) is 14.5. The normalized spacial score (nSPS) is 10.3. The molecule has 0 radical (unpaired) electrons. The van der Waals surface area contributed by atoms with Crippen molar-refractivity contribution in [1.29, 1.82) is 0 Å². The molecule has 2 N–H and O–H groups in total. The Morgan fingerprint density at radius 2 is 1.90 bits per heavy atom. The Morgan fingerprint density at radius 3 is 2.55 bits per heavy atom. The maximum Gasteiger partial charge on any atom is 0.335 e. The molecule has 0 atom stereocenters. The molecule has 0 fully saturated rings. The van der Waals surface area contributed by atoms with E-state index in [2.05, 4.69) is 21.2 Å². The summed E-state index contributed by atoms with van der Waals surface area (Å²) in [5.74, 6) is -2.17. The summed E-state index contributed by atoms with van der Waals surface area (Å²) in [5, 5.41) is 11.5. The van der Waals surface area contributed by atoms with Gasteiger partial charge in [0, 0.05) is 16.6 Å². The Balaban J connectivity index is 2.18. The SMILES string of the molecule is O=C(O)c1ccc(F)c(NCc2ccc(Br)cc2F)c1. The summed E-state index contributed by atoms with van der Waals surface area (Å²) < 4.78 is 27.8. The molecule has 0 aliphatic carbocycles. The van der Waals surface area contributed by atoms with Gasteiger partial charge in [0.2, 0.25) is 0 Å². The van der Waals surface area contributed by atoms with Gasteiger partial charge in [0.1, 0.15) is 11.6 Å². The van der Waals surface area contributed by atoms with Crippen LogP contribution in [0.3, 0.4) is 0 Å². The van der Waals surface area contributed by atoms with Crippen molar-refractivity contribution in [2.24, 2.45) is 0 Å². The van der Waals surface area contributed by atoms with Crippen molar-refractivity contribution in [3.63, 3.8) is 0 Å². The second-order valence-corrected chi connectivity index (χ2v) is 5.00. The van der Waals surface area contributed by atoms with Gasteiger partial charge in [-0.15, -0.1) is 0 Å². The topological polar surface area (TPSA) is 49.3 Å². The zero-order valence-corrected chi connectivity index (χ0v) is 11.7. The molecule has 3 nitrogen and oxygen atoms in total. The van der Waals surface area contributed by atoms with E-state index in [4.69, 9.17) is 5.11 Å². The Labute approximate surface area is 122 Å². The van der Waals surface area contributed by atoms with Crippen LogP contribution >= 0.6 is 15.9 Å². The summed E-state index contributed by atoms with van der Waals surface area (Å²) in [6, 6.07) is 7.94. The smallest absolute Gasteiger partial charge is 0.335 e. The standard InChI is InChI=1S/C14H10BrF2NO2/c15-10-3-1-9(12(17)6-10)7-18-13-5-8(14(19)20)2-4-11(13)16/h1-6,18H,7H2,(H,19,20). The molecule has 0 aromatic heterocycles. The van der Waals surface area contributed by atoms with Crippen molar-refractivity contribution >= 4 is 27.6 Å². The second-order valence-electron chi connectivity index (χ2n) is 4.09. The molecule has 0 unspecified atom stereocenters. The van der Waals surface area contributed by atoms with Crippen LogP contribution in [0.2, 0.25) is 0 Å². The minimum Gasteiger partial charge on any atom is -0.478 e. The highest BCUT2D eigenvalue weighted by molar-refractivity contribution is 9.10. The second kappa shape index (κ2) is 6.00. The zero-order chi connectivity index (χ0) is 14.7. The molecule has 2 rings (SSSR count). The number of hydrogen-bond donors (Lipinski definition) is 2. The molecule has 20 heavy (non-hydrogen) atoms. The van der Waals surface area contributed by atoms with E-state index in [1.54, 1.807) is 12.1 Å². The number of anilines is 1. The molecule has 0 saturated carbocycles. The average Bonchev–Trinajstić information content (AvgIpc) is 2.39. The number of nitrogens with one attached hydrogen (secondary N) is 1. The van der Waals surface area contributed by atoms with Gasteiger partial charge >= 0.3 is 5.97 Å². The molecule has 6 heteroatoms. The summed E-state index contributed by atoms with van der Waals surface area (Å²) in [7, 11) is 0. The largest absolute Gasteiger partial charge is 0.478 e. The molecule has 0 spiro atoms. The third-order valence-corrected chi connectivity index (χ3v) is 3.19. The lowest BCUT2D eigenvalue weighted by Crippen LogP contribution is -2.05. The number of carboxylic acid groups (broad SMARTS) is 1. The average molecular weight is 342 g/mol. The molecule has 0 bridgehead atoms. The summed E-state index contributed by atoms with van der Waals surface area (Å²) in [4.78, 5) is 10.8. The molecular weight excluding hydrogens is 332 g/mol. The van der Waals surface area contributed by atoms with Crippen molar-refractivity contribution in [3.05, 3.63) is 63.6 Å². The van der Waals surface area contributed by atoms with Crippen LogP contribution in [0.1, 0.15) is 15.9 Å². The molecule has 2 aromatic carbocycles. The molecule has 104 valence electrons. The first-order valence-electron chi connectivity index (χ1n) is 5.68. The number of halogens is 3. The quantitative estimate of drug-likeness (QED) is 0.882. The van der Waals surface area contributed by atoms with Crippen LogP contribution in [0.4, 0.5) is 14.5 Å². The molecule has 0 aliphatic rings. The lowest BCUT2D eigenvalue weighted by molar-refractivity contribution is 0.0697. The van der Waals surface area contributed by atoms with E-state index in [9.17, 15) is 13.6 Å². The molecule has 2 aromatic rings. The van der Waals surface area contributed by atoms with Gasteiger partial charge in [0.05, 0.1) is 11.3 Å². The number of carboxylic acids is 1. The number of benzene rings is 2. The fourth-order valence-electron chi connectivity index (χ4n) is 1.65. The van der Waals surface area contributed by atoms with E-state index in [1.165, 1.54) is 18.2 Å². The minimum absolute atomic E-state index is 0.0206. The first-order valence-corrected chi connectivity index (χ1v) is 6.47. The fourth-order valence-corrected chi connectivity index (χ4v) is 1.98. The zero-order valence-electron chi connectivity index (χ0n) is 10.2. The van der Waals surface area contributed by atoms with E-state index < -0.39 is 17.6 Å². The summed E-state index contributed by atoms with van der Waals surface area (Å²) in [6.07, 6.45) is 0. The van der Waals surface area contributed by atoms with Gasteiger partial charge in [-0.2, -0.15) is 0 Å². The molecule has 0 aliphatic heterocycles. The van der Waals surface area contributed by atoms with Crippen LogP contribution in [0.25, 0.3) is 0 Å². The first-order chi connectivity index (χ1) is 9.47. The van der Waals surface area contributed by atoms with Gasteiger partial charge in [-0.25, -0.2) is 13.6 Å². The van der Waals surface area contributed by atoms with E-state index in [0.29, 0.717) is 10.0 Å². The van der Waals surface area contributed by atoms with Crippen molar-refractivity contribution in [3.8, 4) is 0 Å². The van der Waals surface area contributed by atoms with E-state index in [-0.39, 0.29) is 17.8 Å². The van der Waals surface area contributed by atoms with E-state index >= 15 is 0 Å². The van der Waals surface area contributed by atoms with Gasteiger partial charge in [0.25, 0.3) is 0 Å². The van der Waals surface area contributed by atoms with Crippen molar-refractivity contribution in [1.82, 2.24) is 0 Å². The molecule has 0 saturated heterocycles. The summed E-state index contributed by atoms with van der Waals surface area (Å²) in [5.41, 5.74) is 0.339. The number of aromatic carboxylic acids is 1. The van der Waals surface area contributed by atoms with Gasteiger partial charge in [-0.3, -0.25) is 0 Å². The maximum absolute atomic E-state index is 13.6. The predicted octanol–water partition coefficient (Wildman–Crippen LogP) is 4.04. The molecular formula is C14H10BrF2NO2. The van der Waals surface area contributed by atoms with Crippen molar-refractivity contribution in [2.75, 3.05) is 5.32 Å². The highest BCUT2D eigenvalue weighted by atomic mass is 79.9. The highest BCUT2D eigenvalue weighted by Gasteiger charge is 2.09. The maximum atomic E-state index is 13.6. The number of hydrogen-bond acceptors (Lipinski definition) is 2. The Bertz CT molecular complexity index is 662. The Morgan fingerprint density at radius 1 is 1.15 bits per heavy atom. The summed E-state index contributed by atoms with van der Waals surface area (Å²) in [6.45, 7) is 0.0547. The monoisotopic (exact) mass is 341 g/mol. The van der Waals surface area contributed by atoms with Gasteiger partial charge in [0.15, 0.2) is 0 Å². The van der Waals surface area contributed by atoms with Gasteiger partial charge in [-0.1, -0.05) is 22.0 Å². The molecule has 0 amide bonds. The highest BCUT2D eigenvalue weighted by Crippen LogP contribution is 2.19. The molecule has 0 heterocycles. The van der Waals surface area contributed by atoms with Crippen LogP contribution < -0.4 is 5.32 Å². The van der Waals surface area contributed by atoms with Crippen molar-refractivity contribution < 1.29 is 18.7 Å². The van der Waals surface area contributed by atoms with Crippen LogP contribution in [0.15, 0.2) is 40.9 Å². The fraction of sp³-hybridized carbons (Fsp3) is 0.0714.